The highest BCUT2D eigenvalue weighted by Crippen LogP contribution is 1.93. The predicted octanol–water partition coefficient (Wildman–Crippen LogP) is 0.633. The van der Waals surface area contributed by atoms with Crippen LogP contribution in [-0.4, -0.2) is 29.9 Å². The summed E-state index contributed by atoms with van der Waals surface area (Å²) in [6.07, 6.45) is -2.11. The molecule has 0 spiro atoms. The van der Waals surface area contributed by atoms with E-state index in [1.54, 1.807) is 6.92 Å². The number of hydrogen-bond donors (Lipinski definition) is 1. The number of carbonyl (C=O) groups is 2. The van der Waals surface area contributed by atoms with Crippen molar-refractivity contribution in [3.8, 4) is 0 Å². The van der Waals surface area contributed by atoms with E-state index in [0.717, 1.165) is 0 Å². The molecule has 0 amide bonds. The van der Waals surface area contributed by atoms with Gasteiger partial charge in [-0.05, 0) is 13.8 Å². The molecule has 0 aliphatic carbocycles. The molecule has 0 bridgehead atoms. The normalized spacial score (nSPS) is 11.8. The van der Waals surface area contributed by atoms with Crippen LogP contribution < -0.4 is 0 Å². The summed E-state index contributed by atoms with van der Waals surface area (Å²) in [5.41, 5.74) is 0. The van der Waals surface area contributed by atoms with Crippen LogP contribution >= 0.6 is 0 Å². The average molecular weight is 162 g/mol. The van der Waals surface area contributed by atoms with Gasteiger partial charge in [0.2, 0.25) is 0 Å². The Morgan fingerprint density at radius 2 is 2.09 bits per heavy atom. The first kappa shape index (κ1) is 9.74. The predicted molar refractivity (Wildman–Crippen MR) is 35.2 cm³/mol. The summed E-state index contributed by atoms with van der Waals surface area (Å²) >= 11 is 0. The maximum absolute atomic E-state index is 10.5. The van der Waals surface area contributed by atoms with E-state index in [2.05, 4.69) is 9.47 Å². The van der Waals surface area contributed by atoms with Gasteiger partial charge in [-0.25, -0.2) is 9.59 Å². The fourth-order valence-corrected chi connectivity index (χ4v) is 0.347. The van der Waals surface area contributed by atoms with E-state index in [-0.39, 0.29) is 6.61 Å². The number of hydrogen-bond acceptors (Lipinski definition) is 4. The number of aliphatic carboxylic acids is 1. The van der Waals surface area contributed by atoms with Gasteiger partial charge < -0.3 is 14.6 Å². The molecule has 0 unspecified atom stereocenters. The van der Waals surface area contributed by atoms with E-state index in [0.29, 0.717) is 0 Å². The van der Waals surface area contributed by atoms with Gasteiger partial charge in [0, 0.05) is 0 Å². The molecule has 0 saturated heterocycles. The van der Waals surface area contributed by atoms with Gasteiger partial charge in [-0.2, -0.15) is 0 Å². The molecular formula is C6H10O5. The summed E-state index contributed by atoms with van der Waals surface area (Å²) in [4.78, 5) is 20.6. The molecular weight excluding hydrogens is 152 g/mol. The van der Waals surface area contributed by atoms with Gasteiger partial charge in [0.15, 0.2) is 6.10 Å². The van der Waals surface area contributed by atoms with Gasteiger partial charge in [0.25, 0.3) is 0 Å². The quantitative estimate of drug-likeness (QED) is 0.616. The van der Waals surface area contributed by atoms with Crippen LogP contribution in [0.3, 0.4) is 0 Å². The molecule has 5 nitrogen and oxygen atoms in total. The van der Waals surface area contributed by atoms with Gasteiger partial charge in [0.05, 0.1) is 6.61 Å². The van der Waals surface area contributed by atoms with Gasteiger partial charge in [-0.15, -0.1) is 0 Å². The van der Waals surface area contributed by atoms with E-state index in [4.69, 9.17) is 5.11 Å². The lowest BCUT2D eigenvalue weighted by Gasteiger charge is -2.06. The van der Waals surface area contributed by atoms with Crippen molar-refractivity contribution >= 4 is 12.1 Å². The van der Waals surface area contributed by atoms with Crippen molar-refractivity contribution in [3.05, 3.63) is 0 Å². The van der Waals surface area contributed by atoms with Crippen LogP contribution in [0.15, 0.2) is 0 Å². The highest BCUT2D eigenvalue weighted by molar-refractivity contribution is 5.74. The molecule has 0 aliphatic rings. The van der Waals surface area contributed by atoms with Crippen molar-refractivity contribution in [1.29, 1.82) is 0 Å². The van der Waals surface area contributed by atoms with Crippen LogP contribution in [0.5, 0.6) is 0 Å². The largest absolute Gasteiger partial charge is 0.509 e. The van der Waals surface area contributed by atoms with Crippen molar-refractivity contribution < 1.29 is 24.2 Å². The van der Waals surface area contributed by atoms with Gasteiger partial charge in [0.1, 0.15) is 0 Å². The first-order valence-electron chi connectivity index (χ1n) is 3.14. The Balaban J connectivity index is 3.66. The highest BCUT2D eigenvalue weighted by Gasteiger charge is 2.16. The van der Waals surface area contributed by atoms with Crippen molar-refractivity contribution in [2.24, 2.45) is 0 Å². The zero-order valence-electron chi connectivity index (χ0n) is 6.36. The summed E-state index contributed by atoms with van der Waals surface area (Å²) < 4.78 is 8.63. The molecule has 64 valence electrons. The molecule has 0 heterocycles. The Morgan fingerprint density at radius 1 is 1.55 bits per heavy atom. The number of carbonyl (C=O) groups excluding carboxylic acids is 1. The lowest BCUT2D eigenvalue weighted by atomic mass is 10.4. The minimum absolute atomic E-state index is 0.172. The zero-order chi connectivity index (χ0) is 8.85. The molecule has 0 rings (SSSR count). The smallest absolute Gasteiger partial charge is 0.479 e. The Morgan fingerprint density at radius 3 is 2.45 bits per heavy atom. The third-order valence-electron chi connectivity index (χ3n) is 0.883. The monoisotopic (exact) mass is 162 g/mol. The summed E-state index contributed by atoms with van der Waals surface area (Å²) in [6, 6.07) is 0. The molecule has 0 saturated carbocycles. The van der Waals surface area contributed by atoms with Crippen LogP contribution in [0, 0.1) is 0 Å². The Labute approximate surface area is 63.9 Å². The Kier molecular flexibility index (Phi) is 4.02. The van der Waals surface area contributed by atoms with Crippen LogP contribution in [0.4, 0.5) is 4.79 Å². The van der Waals surface area contributed by atoms with Crippen molar-refractivity contribution in [2.75, 3.05) is 6.61 Å². The molecule has 0 aromatic rings. The first-order chi connectivity index (χ1) is 5.07. The van der Waals surface area contributed by atoms with Crippen LogP contribution in [-0.2, 0) is 14.3 Å². The standard InChI is InChI=1S/C6H10O5/c1-3-10-6(9)11-4(2)5(7)8/h4H,3H2,1-2H3,(H,7,8)/t4-/m1/s1. The fourth-order valence-electron chi connectivity index (χ4n) is 0.347. The lowest BCUT2D eigenvalue weighted by Crippen LogP contribution is -2.24. The Hall–Kier alpha value is -1.26. The average Bonchev–Trinajstić information content (AvgIpc) is 1.87. The van der Waals surface area contributed by atoms with Gasteiger partial charge in [-0.1, -0.05) is 0 Å². The van der Waals surface area contributed by atoms with E-state index in [1.165, 1.54) is 6.92 Å². The molecule has 0 aromatic heterocycles. The molecule has 0 aromatic carbocycles. The van der Waals surface area contributed by atoms with E-state index in [1.807, 2.05) is 0 Å². The lowest BCUT2D eigenvalue weighted by molar-refractivity contribution is -0.147. The third kappa shape index (κ3) is 4.19. The van der Waals surface area contributed by atoms with E-state index in [9.17, 15) is 9.59 Å². The highest BCUT2D eigenvalue weighted by atomic mass is 16.7. The summed E-state index contributed by atoms with van der Waals surface area (Å²) in [7, 11) is 0. The minimum atomic E-state index is -1.20. The van der Waals surface area contributed by atoms with E-state index >= 15 is 0 Å². The van der Waals surface area contributed by atoms with E-state index < -0.39 is 18.2 Å². The Bertz CT molecular complexity index is 153. The maximum Gasteiger partial charge on any atom is 0.509 e. The van der Waals surface area contributed by atoms with Crippen LogP contribution in [0.2, 0.25) is 0 Å². The number of carboxylic acid groups (broad SMARTS) is 1. The molecule has 0 fully saturated rings. The second kappa shape index (κ2) is 4.54. The second-order valence-electron chi connectivity index (χ2n) is 1.78. The number of ether oxygens (including phenoxy) is 2. The summed E-state index contributed by atoms with van der Waals surface area (Å²) in [6.45, 7) is 3.02. The van der Waals surface area contributed by atoms with Crippen molar-refractivity contribution in [1.82, 2.24) is 0 Å². The van der Waals surface area contributed by atoms with Crippen LogP contribution in [0.1, 0.15) is 13.8 Å². The molecule has 11 heavy (non-hydrogen) atoms. The topological polar surface area (TPSA) is 72.8 Å². The fraction of sp³-hybridized carbons (Fsp3) is 0.667. The van der Waals surface area contributed by atoms with Gasteiger partial charge >= 0.3 is 12.1 Å². The minimum Gasteiger partial charge on any atom is -0.479 e. The van der Waals surface area contributed by atoms with Crippen LogP contribution in [0.25, 0.3) is 0 Å². The SMILES string of the molecule is CCOC(=O)O[C@H](C)C(=O)O. The second-order valence-corrected chi connectivity index (χ2v) is 1.78. The molecule has 1 atom stereocenters. The maximum atomic E-state index is 10.5. The molecule has 1 N–H and O–H groups in total. The molecule has 0 aliphatic heterocycles. The molecule has 5 heteroatoms. The van der Waals surface area contributed by atoms with Gasteiger partial charge in [-0.3, -0.25) is 0 Å². The van der Waals surface area contributed by atoms with Crippen molar-refractivity contribution in [3.63, 3.8) is 0 Å². The first-order valence-corrected chi connectivity index (χ1v) is 3.14. The number of carboxylic acids is 1. The third-order valence-corrected chi connectivity index (χ3v) is 0.883. The summed E-state index contributed by atoms with van der Waals surface area (Å²) in [5, 5.41) is 8.27. The zero-order valence-corrected chi connectivity index (χ0v) is 6.36. The molecule has 0 radical (unpaired) electrons. The summed E-state index contributed by atoms with van der Waals surface area (Å²) in [5.74, 6) is -1.20. The number of rotatable bonds is 3. The van der Waals surface area contributed by atoms with Crippen molar-refractivity contribution in [2.45, 2.75) is 20.0 Å².